The van der Waals surface area contributed by atoms with E-state index in [4.69, 9.17) is 40.8 Å². The maximum atomic E-state index is 14.8. The molecule has 4 aromatic rings. The first-order valence-corrected chi connectivity index (χ1v) is 12.7. The predicted octanol–water partition coefficient (Wildman–Crippen LogP) is 9.78. The van der Waals surface area contributed by atoms with E-state index in [0.29, 0.717) is 12.1 Å². The van der Waals surface area contributed by atoms with Crippen molar-refractivity contribution in [2.75, 3.05) is 0 Å². The van der Waals surface area contributed by atoms with Crippen molar-refractivity contribution in [3.63, 3.8) is 0 Å². The highest BCUT2D eigenvalue weighted by Crippen LogP contribution is 2.40. The van der Waals surface area contributed by atoms with Crippen molar-refractivity contribution in [1.29, 1.82) is 0 Å². The van der Waals surface area contributed by atoms with Crippen LogP contribution in [0.15, 0.2) is 48.8 Å². The third kappa shape index (κ3) is 7.01. The van der Waals surface area contributed by atoms with Gasteiger partial charge in [0.2, 0.25) is 0 Å². The van der Waals surface area contributed by atoms with Gasteiger partial charge in [0.25, 0.3) is 0 Å². The second kappa shape index (κ2) is 12.6. The first-order chi connectivity index (χ1) is 21.0. The summed E-state index contributed by atoms with van der Waals surface area (Å²) in [6.45, 7) is 0. The standard InChI is InChI=1S/C30H12Cl2F10N2O/c1-3-25(15-7-17(21(33)9-19(15)31)27-23(35)5-13(11-43-27)29(37,38)39)45-26(4-2)16-8-18(22(34)10-20(16)32)28-24(36)6-14(12-44-28)30(40,41)42/h1-2,5-12,25-26H. The van der Waals surface area contributed by atoms with E-state index in [1.165, 1.54) is 0 Å². The van der Waals surface area contributed by atoms with Gasteiger partial charge in [-0.1, -0.05) is 35.0 Å². The maximum Gasteiger partial charge on any atom is 0.417 e. The summed E-state index contributed by atoms with van der Waals surface area (Å²) in [7, 11) is 0. The monoisotopic (exact) mass is 676 g/mol. The highest BCUT2D eigenvalue weighted by Gasteiger charge is 2.34. The molecular weight excluding hydrogens is 665 g/mol. The average Bonchev–Trinajstić information content (AvgIpc) is 2.94. The zero-order valence-corrected chi connectivity index (χ0v) is 23.3. The Bertz CT molecular complexity index is 1740. The largest absolute Gasteiger partial charge is 0.417 e. The number of hydrogen-bond acceptors (Lipinski definition) is 3. The molecule has 232 valence electrons. The van der Waals surface area contributed by atoms with Crippen molar-refractivity contribution >= 4 is 23.2 Å². The summed E-state index contributed by atoms with van der Waals surface area (Å²) in [6, 6.07) is 3.31. The molecule has 0 aliphatic rings. The number of pyridine rings is 2. The van der Waals surface area contributed by atoms with Gasteiger partial charge in [-0.3, -0.25) is 9.97 Å². The molecule has 45 heavy (non-hydrogen) atoms. The number of halogens is 12. The van der Waals surface area contributed by atoms with Gasteiger partial charge in [0.1, 0.15) is 46.9 Å². The average molecular weight is 677 g/mol. The summed E-state index contributed by atoms with van der Waals surface area (Å²) in [4.78, 5) is 6.77. The summed E-state index contributed by atoms with van der Waals surface area (Å²) in [5.41, 5.74) is -6.25. The van der Waals surface area contributed by atoms with Gasteiger partial charge in [-0.05, 0) is 36.4 Å². The maximum absolute atomic E-state index is 14.8. The predicted molar refractivity (Wildman–Crippen MR) is 143 cm³/mol. The van der Waals surface area contributed by atoms with Crippen molar-refractivity contribution in [2.24, 2.45) is 0 Å². The van der Waals surface area contributed by atoms with Crippen molar-refractivity contribution in [1.82, 2.24) is 9.97 Å². The minimum Gasteiger partial charge on any atom is -0.340 e. The van der Waals surface area contributed by atoms with Crippen molar-refractivity contribution in [3.05, 3.63) is 104 Å². The zero-order chi connectivity index (χ0) is 33.4. The van der Waals surface area contributed by atoms with E-state index in [1.54, 1.807) is 0 Å². The van der Waals surface area contributed by atoms with Crippen LogP contribution in [0.2, 0.25) is 10.0 Å². The number of alkyl halides is 6. The fraction of sp³-hybridized carbons (Fsp3) is 0.133. The molecule has 0 aliphatic carbocycles. The summed E-state index contributed by atoms with van der Waals surface area (Å²) in [5.74, 6) is -1.09. The topological polar surface area (TPSA) is 35.0 Å². The molecular formula is C30H12Cl2F10N2O. The Morgan fingerprint density at radius 2 is 0.956 bits per heavy atom. The molecule has 2 unspecified atom stereocenters. The molecule has 2 atom stereocenters. The Hall–Kier alpha value is -4.30. The van der Waals surface area contributed by atoms with Crippen LogP contribution in [-0.2, 0) is 17.1 Å². The number of ether oxygens (including phenoxy) is 1. The summed E-state index contributed by atoms with van der Waals surface area (Å²) in [5, 5.41) is -0.770. The molecule has 0 bridgehead atoms. The first-order valence-electron chi connectivity index (χ1n) is 12.0. The van der Waals surface area contributed by atoms with Gasteiger partial charge in [0, 0.05) is 34.6 Å². The lowest BCUT2D eigenvalue weighted by Gasteiger charge is -2.22. The number of hydrogen-bond donors (Lipinski definition) is 0. The minimum absolute atomic E-state index is 0.113. The van der Waals surface area contributed by atoms with Gasteiger partial charge in [-0.15, -0.1) is 12.8 Å². The molecule has 2 aromatic heterocycles. The van der Waals surface area contributed by atoms with E-state index in [9.17, 15) is 43.9 Å². The van der Waals surface area contributed by atoms with Gasteiger partial charge in [-0.2, -0.15) is 26.3 Å². The van der Waals surface area contributed by atoms with E-state index >= 15 is 0 Å². The van der Waals surface area contributed by atoms with Crippen LogP contribution in [0.1, 0.15) is 34.5 Å². The molecule has 3 nitrogen and oxygen atoms in total. The molecule has 15 heteroatoms. The highest BCUT2D eigenvalue weighted by molar-refractivity contribution is 6.32. The van der Waals surface area contributed by atoms with E-state index in [2.05, 4.69) is 21.8 Å². The van der Waals surface area contributed by atoms with Gasteiger partial charge >= 0.3 is 12.4 Å². The summed E-state index contributed by atoms with van der Waals surface area (Å²) < 4.78 is 142. The third-order valence-electron chi connectivity index (χ3n) is 6.16. The number of rotatable bonds is 6. The van der Waals surface area contributed by atoms with Crippen molar-refractivity contribution in [3.8, 4) is 47.2 Å². The Labute approximate surface area is 257 Å². The van der Waals surface area contributed by atoms with E-state index in [1.807, 2.05) is 0 Å². The normalized spacial score (nSPS) is 13.2. The second-order valence-corrected chi connectivity index (χ2v) is 9.86. The van der Waals surface area contributed by atoms with Crippen LogP contribution in [0, 0.1) is 48.0 Å². The van der Waals surface area contributed by atoms with Crippen molar-refractivity contribution < 1.29 is 48.6 Å². The fourth-order valence-corrected chi connectivity index (χ4v) is 4.52. The second-order valence-electron chi connectivity index (χ2n) is 9.04. The van der Waals surface area contributed by atoms with Crippen LogP contribution in [0.5, 0.6) is 0 Å². The highest BCUT2D eigenvalue weighted by atomic mass is 35.5. The smallest absolute Gasteiger partial charge is 0.340 e. The number of terminal acetylenes is 2. The van der Waals surface area contributed by atoms with Gasteiger partial charge in [-0.25, -0.2) is 17.6 Å². The van der Waals surface area contributed by atoms with Crippen LogP contribution in [-0.4, -0.2) is 9.97 Å². The third-order valence-corrected chi connectivity index (χ3v) is 6.81. The van der Waals surface area contributed by atoms with Crippen molar-refractivity contribution in [2.45, 2.75) is 24.6 Å². The van der Waals surface area contributed by atoms with Gasteiger partial charge < -0.3 is 4.74 Å². The first kappa shape index (κ1) is 33.6. The summed E-state index contributed by atoms with van der Waals surface area (Å²) >= 11 is 12.3. The molecule has 0 saturated carbocycles. The lowest BCUT2D eigenvalue weighted by molar-refractivity contribution is -0.138. The Kier molecular flexibility index (Phi) is 9.40. The van der Waals surface area contributed by atoms with Crippen LogP contribution >= 0.6 is 23.2 Å². The summed E-state index contributed by atoms with van der Waals surface area (Å²) in [6.07, 6.45) is -1.32. The molecule has 4 rings (SSSR count). The van der Waals surface area contributed by atoms with E-state index in [0.717, 1.165) is 12.1 Å². The van der Waals surface area contributed by atoms with E-state index in [-0.39, 0.29) is 45.7 Å². The number of aromatic nitrogens is 2. The fourth-order valence-electron chi connectivity index (χ4n) is 4.02. The molecule has 0 aliphatic heterocycles. The van der Waals surface area contributed by atoms with Crippen LogP contribution in [0.4, 0.5) is 43.9 Å². The van der Waals surface area contributed by atoms with Gasteiger partial charge in [0.05, 0.1) is 21.2 Å². The molecule has 0 spiro atoms. The van der Waals surface area contributed by atoms with Gasteiger partial charge in [0.15, 0.2) is 0 Å². The molecule has 2 heterocycles. The molecule has 0 radical (unpaired) electrons. The lowest BCUT2D eigenvalue weighted by Crippen LogP contribution is -2.11. The molecule has 2 aromatic carbocycles. The number of nitrogens with zero attached hydrogens (tertiary/aromatic N) is 2. The van der Waals surface area contributed by atoms with Crippen LogP contribution in [0.3, 0.4) is 0 Å². The molecule has 0 fully saturated rings. The minimum atomic E-state index is -4.93. The Morgan fingerprint density at radius 1 is 0.600 bits per heavy atom. The Morgan fingerprint density at radius 3 is 1.24 bits per heavy atom. The molecule has 0 N–H and O–H groups in total. The Balaban J connectivity index is 1.74. The SMILES string of the molecule is C#CC(OC(C#C)c1cc(-c2ncc(C(F)(F)F)cc2F)c(F)cc1Cl)c1cc(-c2ncc(C(F)(F)F)cc2F)c(F)cc1Cl. The quantitative estimate of drug-likeness (QED) is 0.151. The van der Waals surface area contributed by atoms with E-state index < -0.39 is 81.5 Å². The van der Waals surface area contributed by atoms with Crippen LogP contribution in [0.25, 0.3) is 22.5 Å². The van der Waals surface area contributed by atoms with Crippen LogP contribution < -0.4 is 0 Å². The lowest BCUT2D eigenvalue weighted by atomic mass is 10.0. The number of benzene rings is 2. The zero-order valence-electron chi connectivity index (χ0n) is 21.8. The molecule has 0 saturated heterocycles. The molecule has 0 amide bonds.